The van der Waals surface area contributed by atoms with Gasteiger partial charge in [0.25, 0.3) is 0 Å². The van der Waals surface area contributed by atoms with Crippen molar-refractivity contribution in [1.29, 1.82) is 0 Å². The van der Waals surface area contributed by atoms with Crippen LogP contribution >= 0.6 is 0 Å². The number of piperazine rings is 1. The lowest BCUT2D eigenvalue weighted by Crippen LogP contribution is -2.52. The number of rotatable bonds is 6. The Kier molecular flexibility index (Phi) is 8.48. The molecule has 0 radical (unpaired) electrons. The molecule has 0 saturated carbocycles. The van der Waals surface area contributed by atoms with Gasteiger partial charge >= 0.3 is 0 Å². The average molecular weight is 353 g/mol. The van der Waals surface area contributed by atoms with Crippen molar-refractivity contribution in [2.75, 3.05) is 66.0 Å². The first-order valence-electron chi connectivity index (χ1n) is 9.79. The van der Waals surface area contributed by atoms with E-state index < -0.39 is 0 Å². The van der Waals surface area contributed by atoms with Gasteiger partial charge in [-0.3, -0.25) is 14.7 Å². The number of hydrogen-bond donors (Lipinski definition) is 2. The summed E-state index contributed by atoms with van der Waals surface area (Å²) >= 11 is 0. The van der Waals surface area contributed by atoms with Gasteiger partial charge in [0.2, 0.25) is 5.91 Å². The van der Waals surface area contributed by atoms with Gasteiger partial charge in [0.05, 0.1) is 0 Å². The summed E-state index contributed by atoms with van der Waals surface area (Å²) < 4.78 is 0. The van der Waals surface area contributed by atoms with E-state index in [1.165, 1.54) is 38.9 Å². The summed E-state index contributed by atoms with van der Waals surface area (Å²) in [6.07, 6.45) is 3.61. The molecule has 144 valence electrons. The first kappa shape index (κ1) is 20.0. The summed E-state index contributed by atoms with van der Waals surface area (Å²) in [5.41, 5.74) is 0. The summed E-state index contributed by atoms with van der Waals surface area (Å²) in [5, 5.41) is 7.01. The van der Waals surface area contributed by atoms with Crippen molar-refractivity contribution in [1.82, 2.24) is 25.3 Å². The molecule has 2 fully saturated rings. The third kappa shape index (κ3) is 6.82. The molecule has 25 heavy (non-hydrogen) atoms. The fourth-order valence-corrected chi connectivity index (χ4v) is 3.62. The number of hydrogen-bond acceptors (Lipinski definition) is 4. The Morgan fingerprint density at radius 1 is 1.04 bits per heavy atom. The van der Waals surface area contributed by atoms with E-state index in [-0.39, 0.29) is 5.91 Å². The minimum Gasteiger partial charge on any atom is -0.355 e. The lowest BCUT2D eigenvalue weighted by Gasteiger charge is -2.34. The number of likely N-dealkylation sites (tertiary alicyclic amines) is 1. The van der Waals surface area contributed by atoms with Gasteiger partial charge in [-0.1, -0.05) is 6.92 Å². The Morgan fingerprint density at radius 3 is 2.24 bits per heavy atom. The topological polar surface area (TPSA) is 63.2 Å². The third-order valence-electron chi connectivity index (χ3n) is 5.23. The maximum Gasteiger partial charge on any atom is 0.219 e. The van der Waals surface area contributed by atoms with Crippen molar-refractivity contribution < 1.29 is 4.79 Å². The summed E-state index contributed by atoms with van der Waals surface area (Å²) in [6, 6.07) is 0.526. The van der Waals surface area contributed by atoms with Crippen LogP contribution in [0.3, 0.4) is 0 Å². The van der Waals surface area contributed by atoms with Crippen molar-refractivity contribution >= 4 is 11.9 Å². The quantitative estimate of drug-likeness (QED) is 0.528. The Bertz CT molecular complexity index is 425. The smallest absolute Gasteiger partial charge is 0.219 e. The normalized spacial score (nSPS) is 21.4. The Labute approximate surface area is 152 Å². The van der Waals surface area contributed by atoms with Crippen LogP contribution in [0.2, 0.25) is 0 Å². The maximum absolute atomic E-state index is 11.4. The number of aliphatic imine (C=N–C) groups is 1. The van der Waals surface area contributed by atoms with E-state index in [1.54, 1.807) is 6.92 Å². The summed E-state index contributed by atoms with van der Waals surface area (Å²) in [6.45, 7) is 13.0. The van der Waals surface area contributed by atoms with Gasteiger partial charge in [-0.25, -0.2) is 0 Å². The highest BCUT2D eigenvalue weighted by molar-refractivity contribution is 5.79. The number of carbonyl (C=O) groups excluding carboxylic acids is 1. The maximum atomic E-state index is 11.4. The zero-order chi connectivity index (χ0) is 18.1. The van der Waals surface area contributed by atoms with Crippen LogP contribution in [-0.2, 0) is 4.79 Å². The molecule has 2 N–H and O–H groups in total. The van der Waals surface area contributed by atoms with Crippen molar-refractivity contribution in [3.8, 4) is 0 Å². The lowest BCUT2D eigenvalue weighted by molar-refractivity contribution is -0.130. The van der Waals surface area contributed by atoms with Crippen LogP contribution in [0.5, 0.6) is 0 Å². The molecule has 0 spiro atoms. The SMILES string of the molecule is CCCN1CCC(NC(=NC)NCCN2CCN(C(C)=O)CC2)CC1. The predicted molar refractivity (Wildman–Crippen MR) is 103 cm³/mol. The Hall–Kier alpha value is -1.34. The van der Waals surface area contributed by atoms with Crippen LogP contribution in [0.25, 0.3) is 0 Å². The number of nitrogens with zero attached hydrogens (tertiary/aromatic N) is 4. The van der Waals surface area contributed by atoms with Gasteiger partial charge in [-0.2, -0.15) is 0 Å². The molecule has 0 unspecified atom stereocenters. The first-order chi connectivity index (χ1) is 12.1. The van der Waals surface area contributed by atoms with Crippen molar-refractivity contribution in [3.05, 3.63) is 0 Å². The third-order valence-corrected chi connectivity index (χ3v) is 5.23. The van der Waals surface area contributed by atoms with Crippen LogP contribution in [0.4, 0.5) is 0 Å². The van der Waals surface area contributed by atoms with Gasteiger partial charge in [0.1, 0.15) is 0 Å². The van der Waals surface area contributed by atoms with Gasteiger partial charge in [-0.15, -0.1) is 0 Å². The second kappa shape index (κ2) is 10.6. The predicted octanol–water partition coefficient (Wildman–Crippen LogP) is 0.190. The highest BCUT2D eigenvalue weighted by Crippen LogP contribution is 2.10. The molecule has 0 atom stereocenters. The zero-order valence-corrected chi connectivity index (χ0v) is 16.3. The van der Waals surface area contributed by atoms with Gasteiger partial charge < -0.3 is 20.4 Å². The largest absolute Gasteiger partial charge is 0.355 e. The molecule has 2 aliphatic heterocycles. The number of nitrogens with one attached hydrogen (secondary N) is 2. The van der Waals surface area contributed by atoms with Crippen molar-refractivity contribution in [2.24, 2.45) is 4.99 Å². The standard InChI is InChI=1S/C18H36N6O/c1-4-8-22-9-5-17(6-10-22)21-18(19-3)20-7-11-23-12-14-24(15-13-23)16(2)25/h17H,4-15H2,1-3H3,(H2,19,20,21). The molecule has 0 aliphatic carbocycles. The van der Waals surface area contributed by atoms with Gasteiger partial charge in [0.15, 0.2) is 5.96 Å². The van der Waals surface area contributed by atoms with E-state index >= 15 is 0 Å². The zero-order valence-electron chi connectivity index (χ0n) is 16.3. The number of carbonyl (C=O) groups is 1. The minimum atomic E-state index is 0.187. The van der Waals surface area contributed by atoms with E-state index in [0.717, 1.165) is 45.2 Å². The number of guanidine groups is 1. The molecule has 2 rings (SSSR count). The lowest BCUT2D eigenvalue weighted by atomic mass is 10.1. The van der Waals surface area contributed by atoms with Gasteiger partial charge in [-0.05, 0) is 25.8 Å². The van der Waals surface area contributed by atoms with Crippen LogP contribution in [0.15, 0.2) is 4.99 Å². The molecule has 0 aromatic carbocycles. The number of amides is 1. The molecule has 0 aromatic rings. The van der Waals surface area contributed by atoms with Crippen LogP contribution in [0.1, 0.15) is 33.1 Å². The Balaban J connectivity index is 1.60. The highest BCUT2D eigenvalue weighted by atomic mass is 16.2. The monoisotopic (exact) mass is 352 g/mol. The molecule has 2 aliphatic rings. The van der Waals surface area contributed by atoms with Crippen molar-refractivity contribution in [3.63, 3.8) is 0 Å². The van der Waals surface area contributed by atoms with Crippen LogP contribution < -0.4 is 10.6 Å². The fourth-order valence-electron chi connectivity index (χ4n) is 3.62. The molecule has 7 heteroatoms. The second-order valence-corrected chi connectivity index (χ2v) is 7.11. The van der Waals surface area contributed by atoms with E-state index in [2.05, 4.69) is 32.3 Å². The minimum absolute atomic E-state index is 0.187. The molecule has 0 aromatic heterocycles. The molecule has 2 heterocycles. The number of piperidine rings is 1. The van der Waals surface area contributed by atoms with E-state index in [0.29, 0.717) is 6.04 Å². The molecule has 1 amide bonds. The molecular weight excluding hydrogens is 316 g/mol. The highest BCUT2D eigenvalue weighted by Gasteiger charge is 2.20. The second-order valence-electron chi connectivity index (χ2n) is 7.11. The van der Waals surface area contributed by atoms with Crippen LogP contribution in [-0.4, -0.2) is 98.6 Å². The van der Waals surface area contributed by atoms with Gasteiger partial charge in [0, 0.05) is 72.4 Å². The van der Waals surface area contributed by atoms with E-state index in [4.69, 9.17) is 0 Å². The summed E-state index contributed by atoms with van der Waals surface area (Å²) in [4.78, 5) is 22.6. The molecular formula is C18H36N6O. The van der Waals surface area contributed by atoms with Crippen molar-refractivity contribution in [2.45, 2.75) is 39.2 Å². The average Bonchev–Trinajstić information content (AvgIpc) is 2.63. The van der Waals surface area contributed by atoms with Crippen LogP contribution in [0, 0.1) is 0 Å². The first-order valence-corrected chi connectivity index (χ1v) is 9.79. The van der Waals surface area contributed by atoms with E-state index in [1.807, 2.05) is 11.9 Å². The Morgan fingerprint density at radius 2 is 1.68 bits per heavy atom. The van der Waals surface area contributed by atoms with E-state index in [9.17, 15) is 4.79 Å². The summed E-state index contributed by atoms with van der Waals surface area (Å²) in [7, 11) is 1.84. The molecule has 0 bridgehead atoms. The summed E-state index contributed by atoms with van der Waals surface area (Å²) in [5.74, 6) is 1.10. The fraction of sp³-hybridized carbons (Fsp3) is 0.889. The molecule has 7 nitrogen and oxygen atoms in total. The molecule has 2 saturated heterocycles.